The molecule has 0 bridgehead atoms. The van der Waals surface area contributed by atoms with E-state index in [0.29, 0.717) is 6.54 Å². The van der Waals surface area contributed by atoms with Crippen LogP contribution in [0.25, 0.3) is 0 Å². The molecule has 0 aliphatic rings. The number of carboxylic acids is 1. The van der Waals surface area contributed by atoms with Gasteiger partial charge in [-0.15, -0.1) is 0 Å². The fourth-order valence-electron chi connectivity index (χ4n) is 1.28. The van der Waals surface area contributed by atoms with Crippen molar-refractivity contribution in [2.75, 3.05) is 26.2 Å². The lowest BCUT2D eigenvalue weighted by Gasteiger charge is -2.16. The summed E-state index contributed by atoms with van der Waals surface area (Å²) in [5, 5.41) is 12.4. The number of hydrogen-bond donors (Lipinski definition) is 2. The normalized spacial score (nSPS) is 12.1. The average molecular weight is 216 g/mol. The Morgan fingerprint density at radius 3 is 2.47 bits per heavy atom. The SMILES string of the molecule is CCCC[NH+](CC)CC(=O)NCC(=O)[O-]. The number of nitrogens with one attached hydrogen (secondary N) is 2. The standard InChI is InChI=1S/C10H20N2O3/c1-3-5-6-12(4-2)8-9(13)11-7-10(14)15/h3-8H2,1-2H3,(H,11,13)(H,14,15). The molecule has 1 unspecified atom stereocenters. The molecule has 0 radical (unpaired) electrons. The van der Waals surface area contributed by atoms with E-state index in [2.05, 4.69) is 12.2 Å². The first-order chi connectivity index (χ1) is 7.10. The Labute approximate surface area is 90.5 Å². The van der Waals surface area contributed by atoms with Crippen LogP contribution in [0.3, 0.4) is 0 Å². The lowest BCUT2D eigenvalue weighted by Crippen LogP contribution is -3.12. The monoisotopic (exact) mass is 216 g/mol. The molecular weight excluding hydrogens is 196 g/mol. The Morgan fingerprint density at radius 2 is 2.00 bits per heavy atom. The van der Waals surface area contributed by atoms with Crippen molar-refractivity contribution >= 4 is 11.9 Å². The summed E-state index contributed by atoms with van der Waals surface area (Å²) in [5.41, 5.74) is 0. The number of aliphatic carboxylic acids is 1. The van der Waals surface area contributed by atoms with Gasteiger partial charge in [-0.05, 0) is 13.3 Å². The van der Waals surface area contributed by atoms with Gasteiger partial charge in [0.15, 0.2) is 6.54 Å². The molecule has 0 aliphatic heterocycles. The van der Waals surface area contributed by atoms with Crippen LogP contribution in [0.4, 0.5) is 0 Å². The topological polar surface area (TPSA) is 73.7 Å². The zero-order valence-corrected chi connectivity index (χ0v) is 9.47. The second-order valence-electron chi connectivity index (χ2n) is 3.53. The zero-order chi connectivity index (χ0) is 11.7. The van der Waals surface area contributed by atoms with E-state index in [1.165, 1.54) is 4.90 Å². The van der Waals surface area contributed by atoms with Crippen LogP contribution in [0.1, 0.15) is 26.7 Å². The van der Waals surface area contributed by atoms with Crippen LogP contribution in [0.2, 0.25) is 0 Å². The predicted octanol–water partition coefficient (Wildman–Crippen LogP) is -2.44. The van der Waals surface area contributed by atoms with Gasteiger partial charge < -0.3 is 20.1 Å². The molecule has 0 saturated carbocycles. The molecule has 0 fully saturated rings. The zero-order valence-electron chi connectivity index (χ0n) is 9.47. The van der Waals surface area contributed by atoms with Crippen LogP contribution in [0.15, 0.2) is 0 Å². The number of carboxylic acid groups (broad SMARTS) is 1. The Morgan fingerprint density at radius 1 is 1.33 bits per heavy atom. The van der Waals surface area contributed by atoms with Crippen molar-refractivity contribution in [1.29, 1.82) is 0 Å². The van der Waals surface area contributed by atoms with E-state index in [0.717, 1.165) is 25.9 Å². The highest BCUT2D eigenvalue weighted by Gasteiger charge is 2.10. The minimum Gasteiger partial charge on any atom is -0.548 e. The first kappa shape index (κ1) is 13.9. The molecule has 0 aromatic heterocycles. The third-order valence-corrected chi connectivity index (χ3v) is 2.22. The van der Waals surface area contributed by atoms with Gasteiger partial charge in [-0.25, -0.2) is 0 Å². The Bertz CT molecular complexity index is 207. The van der Waals surface area contributed by atoms with E-state index >= 15 is 0 Å². The number of carbonyl (C=O) groups is 2. The number of hydrogen-bond acceptors (Lipinski definition) is 3. The second kappa shape index (κ2) is 8.23. The van der Waals surface area contributed by atoms with Crippen molar-refractivity contribution in [3.63, 3.8) is 0 Å². The first-order valence-corrected chi connectivity index (χ1v) is 5.40. The number of amides is 1. The average Bonchev–Trinajstić information content (AvgIpc) is 2.21. The second-order valence-corrected chi connectivity index (χ2v) is 3.53. The lowest BCUT2D eigenvalue weighted by atomic mass is 10.3. The van der Waals surface area contributed by atoms with Crippen LogP contribution in [-0.2, 0) is 9.59 Å². The molecular formula is C10H20N2O3. The van der Waals surface area contributed by atoms with E-state index in [1.807, 2.05) is 6.92 Å². The van der Waals surface area contributed by atoms with Gasteiger partial charge in [0.25, 0.3) is 5.91 Å². The molecule has 0 spiro atoms. The van der Waals surface area contributed by atoms with Crippen molar-refractivity contribution in [3.8, 4) is 0 Å². The Kier molecular flexibility index (Phi) is 7.62. The van der Waals surface area contributed by atoms with Crippen LogP contribution < -0.4 is 15.3 Å². The van der Waals surface area contributed by atoms with Crippen molar-refractivity contribution in [2.24, 2.45) is 0 Å². The molecule has 15 heavy (non-hydrogen) atoms. The third kappa shape index (κ3) is 7.93. The van der Waals surface area contributed by atoms with Gasteiger partial charge in [-0.2, -0.15) is 0 Å². The van der Waals surface area contributed by atoms with E-state index < -0.39 is 12.5 Å². The molecule has 0 aromatic rings. The Hall–Kier alpha value is -1.10. The molecule has 0 rings (SSSR count). The maximum Gasteiger partial charge on any atom is 0.275 e. The molecule has 5 nitrogen and oxygen atoms in total. The molecule has 0 aliphatic carbocycles. The van der Waals surface area contributed by atoms with Gasteiger partial charge in [-0.3, -0.25) is 4.79 Å². The van der Waals surface area contributed by atoms with E-state index in [9.17, 15) is 14.7 Å². The molecule has 0 heterocycles. The summed E-state index contributed by atoms with van der Waals surface area (Å²) in [6, 6.07) is 0. The van der Waals surface area contributed by atoms with Crippen molar-refractivity contribution in [1.82, 2.24) is 5.32 Å². The highest BCUT2D eigenvalue weighted by Crippen LogP contribution is 1.78. The number of quaternary nitrogens is 1. The first-order valence-electron chi connectivity index (χ1n) is 5.40. The van der Waals surface area contributed by atoms with Gasteiger partial charge in [-0.1, -0.05) is 13.3 Å². The molecule has 1 atom stereocenters. The van der Waals surface area contributed by atoms with Crippen LogP contribution >= 0.6 is 0 Å². The summed E-state index contributed by atoms with van der Waals surface area (Å²) >= 11 is 0. The lowest BCUT2D eigenvalue weighted by molar-refractivity contribution is -0.890. The van der Waals surface area contributed by atoms with Gasteiger partial charge in [0.1, 0.15) is 0 Å². The number of rotatable bonds is 8. The summed E-state index contributed by atoms with van der Waals surface area (Å²) in [6.45, 7) is 5.87. The third-order valence-electron chi connectivity index (χ3n) is 2.22. The minimum absolute atomic E-state index is 0.229. The van der Waals surface area contributed by atoms with Crippen molar-refractivity contribution in [3.05, 3.63) is 0 Å². The van der Waals surface area contributed by atoms with Crippen LogP contribution in [0.5, 0.6) is 0 Å². The Balaban J connectivity index is 3.74. The quantitative estimate of drug-likeness (QED) is 0.473. The fourth-order valence-corrected chi connectivity index (χ4v) is 1.28. The molecule has 88 valence electrons. The number of unbranched alkanes of at least 4 members (excludes halogenated alkanes) is 1. The van der Waals surface area contributed by atoms with Crippen molar-refractivity contribution < 1.29 is 19.6 Å². The summed E-state index contributed by atoms with van der Waals surface area (Å²) < 4.78 is 0. The van der Waals surface area contributed by atoms with Gasteiger partial charge in [0.2, 0.25) is 0 Å². The highest BCUT2D eigenvalue weighted by atomic mass is 16.4. The van der Waals surface area contributed by atoms with Crippen LogP contribution in [-0.4, -0.2) is 38.1 Å². The van der Waals surface area contributed by atoms with Crippen LogP contribution in [0, 0.1) is 0 Å². The number of likely N-dealkylation sites (N-methyl/N-ethyl adjacent to an activating group) is 1. The largest absolute Gasteiger partial charge is 0.548 e. The van der Waals surface area contributed by atoms with E-state index in [1.54, 1.807) is 0 Å². The molecule has 1 amide bonds. The fraction of sp³-hybridized carbons (Fsp3) is 0.800. The maximum atomic E-state index is 11.3. The molecule has 2 N–H and O–H groups in total. The smallest absolute Gasteiger partial charge is 0.275 e. The predicted molar refractivity (Wildman–Crippen MR) is 54.2 cm³/mol. The minimum atomic E-state index is -1.25. The van der Waals surface area contributed by atoms with E-state index in [-0.39, 0.29) is 5.91 Å². The van der Waals surface area contributed by atoms with Crippen molar-refractivity contribution in [2.45, 2.75) is 26.7 Å². The van der Waals surface area contributed by atoms with Gasteiger partial charge in [0.05, 0.1) is 25.6 Å². The molecule has 0 saturated heterocycles. The number of carbonyl (C=O) groups excluding carboxylic acids is 2. The van der Waals surface area contributed by atoms with Gasteiger partial charge >= 0.3 is 0 Å². The molecule has 5 heteroatoms. The molecule has 0 aromatic carbocycles. The summed E-state index contributed by atoms with van der Waals surface area (Å²) in [4.78, 5) is 22.5. The highest BCUT2D eigenvalue weighted by molar-refractivity contribution is 5.81. The summed E-state index contributed by atoms with van der Waals surface area (Å²) in [6.07, 6.45) is 2.18. The van der Waals surface area contributed by atoms with E-state index in [4.69, 9.17) is 0 Å². The summed E-state index contributed by atoms with van der Waals surface area (Å²) in [7, 11) is 0. The maximum absolute atomic E-state index is 11.3. The van der Waals surface area contributed by atoms with Gasteiger partial charge in [0, 0.05) is 0 Å². The summed E-state index contributed by atoms with van der Waals surface area (Å²) in [5.74, 6) is -1.48.